The summed E-state index contributed by atoms with van der Waals surface area (Å²) in [5.74, 6) is 1.31. The lowest BCUT2D eigenvalue weighted by Crippen LogP contribution is -2.16. The van der Waals surface area contributed by atoms with Gasteiger partial charge in [0.25, 0.3) is 0 Å². The van der Waals surface area contributed by atoms with Crippen molar-refractivity contribution in [3.8, 4) is 11.5 Å². The van der Waals surface area contributed by atoms with Crippen LogP contribution >= 0.6 is 0 Å². The smallest absolute Gasteiger partial charge is 0.161 e. The van der Waals surface area contributed by atoms with Crippen molar-refractivity contribution in [2.45, 2.75) is 19.8 Å². The summed E-state index contributed by atoms with van der Waals surface area (Å²) in [6.07, 6.45) is 1.10. The van der Waals surface area contributed by atoms with Crippen LogP contribution in [0.2, 0.25) is 0 Å². The first-order valence-corrected chi connectivity index (χ1v) is 6.06. The number of aliphatic hydroxyl groups is 1. The quantitative estimate of drug-likeness (QED) is 0.769. The number of para-hydroxylation sites is 2. The fraction of sp³-hybridized carbons (Fsp3) is 0.500. The molecule has 1 unspecified atom stereocenters. The molecule has 0 aromatic heterocycles. The van der Waals surface area contributed by atoms with E-state index in [-0.39, 0.29) is 18.3 Å². The van der Waals surface area contributed by atoms with Crippen molar-refractivity contribution in [1.29, 1.82) is 0 Å². The Morgan fingerprint density at radius 3 is 2.50 bits per heavy atom. The Kier molecular flexibility index (Phi) is 6.22. The highest BCUT2D eigenvalue weighted by Crippen LogP contribution is 2.26. The summed E-state index contributed by atoms with van der Waals surface area (Å²) in [5, 5.41) is 8.87. The average Bonchev–Trinajstić information content (AvgIpc) is 2.38. The number of carbonyl (C=O) groups excluding carboxylic acids is 1. The third-order valence-corrected chi connectivity index (χ3v) is 2.85. The average molecular weight is 252 g/mol. The molecule has 0 bridgehead atoms. The summed E-state index contributed by atoms with van der Waals surface area (Å²) in [4.78, 5) is 11.3. The molecule has 0 heterocycles. The zero-order valence-electron chi connectivity index (χ0n) is 10.9. The number of aliphatic hydroxyl groups excluding tert-OH is 1. The van der Waals surface area contributed by atoms with E-state index in [1.165, 1.54) is 0 Å². The predicted octanol–water partition coefficient (Wildman–Crippen LogP) is 2.05. The van der Waals surface area contributed by atoms with Crippen LogP contribution in [-0.4, -0.2) is 31.2 Å². The zero-order valence-corrected chi connectivity index (χ0v) is 10.9. The van der Waals surface area contributed by atoms with Crippen LogP contribution in [-0.2, 0) is 4.79 Å². The maximum Gasteiger partial charge on any atom is 0.161 e. The van der Waals surface area contributed by atoms with E-state index >= 15 is 0 Å². The maximum atomic E-state index is 11.3. The Hall–Kier alpha value is -1.55. The first-order chi connectivity index (χ1) is 8.69. The molecule has 0 fully saturated rings. The zero-order chi connectivity index (χ0) is 13.4. The van der Waals surface area contributed by atoms with Crippen LogP contribution < -0.4 is 9.47 Å². The maximum absolute atomic E-state index is 11.3. The van der Waals surface area contributed by atoms with Gasteiger partial charge in [-0.05, 0) is 31.9 Å². The molecule has 1 rings (SSSR count). The van der Waals surface area contributed by atoms with Crippen LogP contribution in [0.15, 0.2) is 24.3 Å². The Bertz CT molecular complexity index is 376. The highest BCUT2D eigenvalue weighted by molar-refractivity contribution is 5.78. The molecule has 0 amide bonds. The van der Waals surface area contributed by atoms with Gasteiger partial charge in [0.1, 0.15) is 5.78 Å². The Balaban J connectivity index is 2.47. The van der Waals surface area contributed by atoms with Crippen LogP contribution in [0.4, 0.5) is 0 Å². The minimum Gasteiger partial charge on any atom is -0.493 e. The second kappa shape index (κ2) is 7.71. The van der Waals surface area contributed by atoms with Gasteiger partial charge < -0.3 is 14.6 Å². The molecule has 1 atom stereocenters. The third-order valence-electron chi connectivity index (χ3n) is 2.85. The molecule has 1 N–H and O–H groups in total. The molecule has 4 heteroatoms. The van der Waals surface area contributed by atoms with Gasteiger partial charge in [0.2, 0.25) is 0 Å². The molecular weight excluding hydrogens is 232 g/mol. The number of hydrogen-bond donors (Lipinski definition) is 1. The van der Waals surface area contributed by atoms with Crippen LogP contribution in [0.5, 0.6) is 11.5 Å². The van der Waals surface area contributed by atoms with Gasteiger partial charge in [-0.2, -0.15) is 0 Å². The molecule has 18 heavy (non-hydrogen) atoms. The molecule has 0 aliphatic heterocycles. The number of ether oxygens (including phenoxy) is 2. The Morgan fingerprint density at radius 2 is 1.94 bits per heavy atom. The normalized spacial score (nSPS) is 11.9. The van der Waals surface area contributed by atoms with Crippen LogP contribution in [0.25, 0.3) is 0 Å². The molecule has 0 saturated heterocycles. The van der Waals surface area contributed by atoms with Gasteiger partial charge in [0.15, 0.2) is 11.5 Å². The lowest BCUT2D eigenvalue weighted by Gasteiger charge is -2.14. The number of Topliss-reactive ketones (excluding diaryl/α,β-unsaturated/α-hetero) is 1. The first kappa shape index (κ1) is 14.5. The topological polar surface area (TPSA) is 55.8 Å². The fourth-order valence-electron chi connectivity index (χ4n) is 1.76. The molecule has 100 valence electrons. The van der Waals surface area contributed by atoms with Gasteiger partial charge in [-0.3, -0.25) is 4.79 Å². The number of rotatable bonds is 8. The number of benzene rings is 1. The highest BCUT2D eigenvalue weighted by Gasteiger charge is 2.14. The fourth-order valence-corrected chi connectivity index (χ4v) is 1.76. The first-order valence-electron chi connectivity index (χ1n) is 6.06. The van der Waals surface area contributed by atoms with E-state index in [4.69, 9.17) is 14.6 Å². The monoisotopic (exact) mass is 252 g/mol. The lowest BCUT2D eigenvalue weighted by atomic mass is 9.98. The van der Waals surface area contributed by atoms with Crippen molar-refractivity contribution in [3.63, 3.8) is 0 Å². The predicted molar refractivity (Wildman–Crippen MR) is 69.0 cm³/mol. The van der Waals surface area contributed by atoms with E-state index in [0.29, 0.717) is 30.9 Å². The number of ketones is 1. The molecule has 1 aromatic carbocycles. The summed E-state index contributed by atoms with van der Waals surface area (Å²) in [6.45, 7) is 2.01. The third kappa shape index (κ3) is 4.37. The Morgan fingerprint density at radius 1 is 1.28 bits per heavy atom. The molecular formula is C14H20O4. The SMILES string of the molecule is COc1ccccc1OCCC(CCO)C(C)=O. The van der Waals surface area contributed by atoms with Crippen LogP contribution in [0.3, 0.4) is 0 Å². The lowest BCUT2D eigenvalue weighted by molar-refractivity contribution is -0.121. The van der Waals surface area contributed by atoms with Crippen LogP contribution in [0, 0.1) is 5.92 Å². The van der Waals surface area contributed by atoms with Crippen molar-refractivity contribution in [3.05, 3.63) is 24.3 Å². The molecule has 0 aliphatic carbocycles. The number of hydrogen-bond acceptors (Lipinski definition) is 4. The molecule has 1 aromatic rings. The molecule has 4 nitrogen and oxygen atoms in total. The van der Waals surface area contributed by atoms with E-state index in [2.05, 4.69) is 0 Å². The van der Waals surface area contributed by atoms with Gasteiger partial charge in [-0.25, -0.2) is 0 Å². The Labute approximate surface area is 108 Å². The largest absolute Gasteiger partial charge is 0.493 e. The standard InChI is InChI=1S/C14H20O4/c1-11(16)12(7-9-15)8-10-18-14-6-4-3-5-13(14)17-2/h3-6,12,15H,7-10H2,1-2H3. The van der Waals surface area contributed by atoms with Gasteiger partial charge in [-0.1, -0.05) is 12.1 Å². The summed E-state index contributed by atoms with van der Waals surface area (Å²) in [7, 11) is 1.59. The van der Waals surface area contributed by atoms with Crippen LogP contribution in [0.1, 0.15) is 19.8 Å². The van der Waals surface area contributed by atoms with Crippen molar-refractivity contribution >= 4 is 5.78 Å². The van der Waals surface area contributed by atoms with E-state index in [9.17, 15) is 4.79 Å². The number of carbonyl (C=O) groups is 1. The molecule has 0 spiro atoms. The van der Waals surface area contributed by atoms with Gasteiger partial charge in [0, 0.05) is 12.5 Å². The summed E-state index contributed by atoms with van der Waals surface area (Å²) in [6, 6.07) is 7.39. The van der Waals surface area contributed by atoms with E-state index in [0.717, 1.165) is 0 Å². The van der Waals surface area contributed by atoms with Gasteiger partial charge in [-0.15, -0.1) is 0 Å². The van der Waals surface area contributed by atoms with Gasteiger partial charge in [0.05, 0.1) is 13.7 Å². The molecule has 0 aliphatic rings. The highest BCUT2D eigenvalue weighted by atomic mass is 16.5. The summed E-state index contributed by atoms with van der Waals surface area (Å²) in [5.41, 5.74) is 0. The second-order valence-corrected chi connectivity index (χ2v) is 4.11. The number of methoxy groups -OCH3 is 1. The second-order valence-electron chi connectivity index (χ2n) is 4.11. The van der Waals surface area contributed by atoms with Gasteiger partial charge >= 0.3 is 0 Å². The summed E-state index contributed by atoms with van der Waals surface area (Å²) >= 11 is 0. The minimum absolute atomic E-state index is 0.0267. The minimum atomic E-state index is -0.135. The summed E-state index contributed by atoms with van der Waals surface area (Å²) < 4.78 is 10.8. The molecule has 0 radical (unpaired) electrons. The van der Waals surface area contributed by atoms with Crippen molar-refractivity contribution in [1.82, 2.24) is 0 Å². The van der Waals surface area contributed by atoms with Crippen molar-refractivity contribution < 1.29 is 19.4 Å². The van der Waals surface area contributed by atoms with E-state index in [1.54, 1.807) is 14.0 Å². The van der Waals surface area contributed by atoms with Crippen molar-refractivity contribution in [2.75, 3.05) is 20.3 Å². The molecule has 0 saturated carbocycles. The van der Waals surface area contributed by atoms with Crippen molar-refractivity contribution in [2.24, 2.45) is 5.92 Å². The van der Waals surface area contributed by atoms with E-state index < -0.39 is 0 Å². The van der Waals surface area contributed by atoms with E-state index in [1.807, 2.05) is 24.3 Å².